The summed E-state index contributed by atoms with van der Waals surface area (Å²) in [7, 11) is 0. The third kappa shape index (κ3) is 3.37. The van der Waals surface area contributed by atoms with Crippen molar-refractivity contribution in [2.75, 3.05) is 0 Å². The number of carbonyl (C=O) groups excluding carboxylic acids is 2. The molecule has 1 aliphatic rings. The number of hydrogen-bond acceptors (Lipinski definition) is 3. The van der Waals surface area contributed by atoms with E-state index in [4.69, 9.17) is 0 Å². The third-order valence-corrected chi connectivity index (χ3v) is 4.94. The normalized spacial score (nSPS) is 17.1. The summed E-state index contributed by atoms with van der Waals surface area (Å²) in [6.07, 6.45) is 4.96. The fraction of sp³-hybridized carbons (Fsp3) is 0.611. The standard InChI is InChI=1S/C18H26N2O4/c1-4-13-14(12(3)21)11(2)19-15(13)16(22)20-18(17(23)24)9-7-5-6-8-10-18/h19H,4-10H2,1-3H3,(H,20,22)(H,23,24). The molecule has 0 radical (unpaired) electrons. The number of amides is 1. The van der Waals surface area contributed by atoms with Crippen molar-refractivity contribution in [3.8, 4) is 0 Å². The number of nitrogens with one attached hydrogen (secondary N) is 2. The highest BCUT2D eigenvalue weighted by atomic mass is 16.4. The van der Waals surface area contributed by atoms with Gasteiger partial charge in [0.2, 0.25) is 0 Å². The maximum absolute atomic E-state index is 12.8. The van der Waals surface area contributed by atoms with Crippen molar-refractivity contribution in [2.45, 2.75) is 71.3 Å². The molecule has 1 aromatic heterocycles. The van der Waals surface area contributed by atoms with E-state index in [2.05, 4.69) is 10.3 Å². The van der Waals surface area contributed by atoms with Crippen LogP contribution in [0.5, 0.6) is 0 Å². The van der Waals surface area contributed by atoms with Gasteiger partial charge < -0.3 is 15.4 Å². The quantitative estimate of drug-likeness (QED) is 0.569. The second-order valence-electron chi connectivity index (χ2n) is 6.64. The number of hydrogen-bond donors (Lipinski definition) is 3. The number of Topliss-reactive ketones (excluding diaryl/α,β-unsaturated/α-hetero) is 1. The summed E-state index contributed by atoms with van der Waals surface area (Å²) in [5.74, 6) is -1.51. The Morgan fingerprint density at radius 3 is 2.21 bits per heavy atom. The van der Waals surface area contributed by atoms with Crippen molar-refractivity contribution in [2.24, 2.45) is 0 Å². The lowest BCUT2D eigenvalue weighted by Crippen LogP contribution is -2.54. The molecule has 3 N–H and O–H groups in total. The summed E-state index contributed by atoms with van der Waals surface area (Å²) in [4.78, 5) is 39.5. The van der Waals surface area contributed by atoms with Gasteiger partial charge in [-0.15, -0.1) is 0 Å². The van der Waals surface area contributed by atoms with Crippen LogP contribution in [-0.2, 0) is 11.2 Å². The molecule has 1 fully saturated rings. The summed E-state index contributed by atoms with van der Waals surface area (Å²) in [6, 6.07) is 0. The second kappa shape index (κ2) is 7.20. The van der Waals surface area contributed by atoms with Crippen LogP contribution in [0.3, 0.4) is 0 Å². The minimum atomic E-state index is -1.21. The van der Waals surface area contributed by atoms with Crippen LogP contribution in [0.15, 0.2) is 0 Å². The Bertz CT molecular complexity index is 652. The molecule has 0 bridgehead atoms. The number of carbonyl (C=O) groups is 3. The predicted molar refractivity (Wildman–Crippen MR) is 90.4 cm³/mol. The van der Waals surface area contributed by atoms with Crippen LogP contribution in [0.2, 0.25) is 0 Å². The van der Waals surface area contributed by atoms with E-state index in [9.17, 15) is 19.5 Å². The number of H-pyrrole nitrogens is 1. The maximum atomic E-state index is 12.8. The van der Waals surface area contributed by atoms with E-state index in [1.165, 1.54) is 6.92 Å². The van der Waals surface area contributed by atoms with Gasteiger partial charge in [-0.2, -0.15) is 0 Å². The molecular weight excluding hydrogens is 308 g/mol. The largest absolute Gasteiger partial charge is 0.480 e. The summed E-state index contributed by atoms with van der Waals surface area (Å²) in [6.45, 7) is 5.11. The summed E-state index contributed by atoms with van der Waals surface area (Å²) >= 11 is 0. The van der Waals surface area contributed by atoms with Crippen molar-refractivity contribution in [1.82, 2.24) is 10.3 Å². The summed E-state index contributed by atoms with van der Waals surface area (Å²) in [5, 5.41) is 12.5. The number of aryl methyl sites for hydroxylation is 1. The van der Waals surface area contributed by atoms with Crippen molar-refractivity contribution in [3.05, 3.63) is 22.5 Å². The SMILES string of the molecule is CCc1c(C(=O)NC2(C(=O)O)CCCCCC2)[nH]c(C)c1C(C)=O. The maximum Gasteiger partial charge on any atom is 0.329 e. The summed E-state index contributed by atoms with van der Waals surface area (Å²) < 4.78 is 0. The molecule has 24 heavy (non-hydrogen) atoms. The Kier molecular flexibility index (Phi) is 5.47. The topological polar surface area (TPSA) is 99.3 Å². The zero-order chi connectivity index (χ0) is 17.9. The number of carboxylic acid groups (broad SMARTS) is 1. The van der Waals surface area contributed by atoms with E-state index in [1.807, 2.05) is 6.92 Å². The number of aromatic amines is 1. The van der Waals surface area contributed by atoms with Crippen LogP contribution in [0, 0.1) is 6.92 Å². The fourth-order valence-electron chi connectivity index (χ4n) is 3.70. The average Bonchev–Trinajstić information content (AvgIpc) is 2.68. The molecule has 0 aliphatic heterocycles. The molecule has 6 nitrogen and oxygen atoms in total. The highest BCUT2D eigenvalue weighted by molar-refractivity contribution is 6.03. The minimum Gasteiger partial charge on any atom is -0.480 e. The van der Waals surface area contributed by atoms with Gasteiger partial charge in [-0.25, -0.2) is 4.79 Å². The number of carboxylic acids is 1. The van der Waals surface area contributed by atoms with Gasteiger partial charge >= 0.3 is 5.97 Å². The lowest BCUT2D eigenvalue weighted by Gasteiger charge is -2.29. The molecule has 0 unspecified atom stereocenters. The Hall–Kier alpha value is -2.11. The van der Waals surface area contributed by atoms with Gasteiger partial charge in [0.05, 0.1) is 0 Å². The Morgan fingerprint density at radius 2 is 1.75 bits per heavy atom. The van der Waals surface area contributed by atoms with E-state index in [0.29, 0.717) is 41.8 Å². The van der Waals surface area contributed by atoms with Crippen molar-refractivity contribution in [1.29, 1.82) is 0 Å². The lowest BCUT2D eigenvalue weighted by atomic mass is 9.90. The van der Waals surface area contributed by atoms with E-state index in [1.54, 1.807) is 6.92 Å². The number of ketones is 1. The third-order valence-electron chi connectivity index (χ3n) is 4.94. The van der Waals surface area contributed by atoms with Crippen LogP contribution in [0.1, 0.15) is 84.5 Å². The van der Waals surface area contributed by atoms with E-state index >= 15 is 0 Å². The van der Waals surface area contributed by atoms with Crippen LogP contribution in [0.4, 0.5) is 0 Å². The molecule has 6 heteroatoms. The molecule has 1 heterocycles. The van der Waals surface area contributed by atoms with Crippen LogP contribution < -0.4 is 5.32 Å². The molecule has 132 valence electrons. The molecule has 0 aromatic carbocycles. The molecule has 2 rings (SSSR count). The molecule has 1 aromatic rings. The van der Waals surface area contributed by atoms with Gasteiger partial charge in [0.1, 0.15) is 11.2 Å². The van der Waals surface area contributed by atoms with Crippen molar-refractivity contribution >= 4 is 17.7 Å². The highest BCUT2D eigenvalue weighted by Crippen LogP contribution is 2.29. The smallest absolute Gasteiger partial charge is 0.329 e. The molecule has 0 saturated heterocycles. The first-order valence-electron chi connectivity index (χ1n) is 8.60. The van der Waals surface area contributed by atoms with Gasteiger partial charge in [0.25, 0.3) is 5.91 Å². The number of rotatable bonds is 5. The first-order chi connectivity index (χ1) is 11.3. The molecule has 0 atom stereocenters. The monoisotopic (exact) mass is 334 g/mol. The predicted octanol–water partition coefficient (Wildman–Crippen LogP) is 3.00. The van der Waals surface area contributed by atoms with Crippen molar-refractivity contribution < 1.29 is 19.5 Å². The van der Waals surface area contributed by atoms with Gasteiger partial charge in [-0.05, 0) is 38.7 Å². The Morgan fingerprint density at radius 1 is 1.17 bits per heavy atom. The highest BCUT2D eigenvalue weighted by Gasteiger charge is 2.41. The van der Waals surface area contributed by atoms with Crippen LogP contribution in [-0.4, -0.2) is 33.3 Å². The lowest BCUT2D eigenvalue weighted by molar-refractivity contribution is -0.145. The molecule has 1 amide bonds. The Labute approximate surface area is 142 Å². The van der Waals surface area contributed by atoms with Crippen LogP contribution in [0.25, 0.3) is 0 Å². The summed E-state index contributed by atoms with van der Waals surface area (Å²) in [5.41, 5.74) is 0.938. The first-order valence-corrected chi connectivity index (χ1v) is 8.60. The zero-order valence-electron chi connectivity index (χ0n) is 14.6. The Balaban J connectivity index is 2.36. The van der Waals surface area contributed by atoms with Crippen molar-refractivity contribution in [3.63, 3.8) is 0 Å². The molecule has 0 spiro atoms. The number of aromatic nitrogens is 1. The second-order valence-corrected chi connectivity index (χ2v) is 6.64. The fourth-order valence-corrected chi connectivity index (χ4v) is 3.70. The van der Waals surface area contributed by atoms with E-state index < -0.39 is 17.4 Å². The molecule has 1 aliphatic carbocycles. The van der Waals surface area contributed by atoms with Gasteiger partial charge in [-0.1, -0.05) is 32.6 Å². The minimum absolute atomic E-state index is 0.0953. The molecule has 1 saturated carbocycles. The molecular formula is C18H26N2O4. The van der Waals surface area contributed by atoms with Gasteiger partial charge in [0, 0.05) is 11.3 Å². The number of aliphatic carboxylic acids is 1. The van der Waals surface area contributed by atoms with Gasteiger partial charge in [-0.3, -0.25) is 9.59 Å². The van der Waals surface area contributed by atoms with E-state index in [-0.39, 0.29) is 5.78 Å². The van der Waals surface area contributed by atoms with Crippen LogP contribution >= 0.6 is 0 Å². The van der Waals surface area contributed by atoms with Gasteiger partial charge in [0.15, 0.2) is 5.78 Å². The van der Waals surface area contributed by atoms with E-state index in [0.717, 1.165) is 25.7 Å². The average molecular weight is 334 g/mol. The zero-order valence-corrected chi connectivity index (χ0v) is 14.6. The first kappa shape index (κ1) is 18.2.